The van der Waals surface area contributed by atoms with Crippen molar-refractivity contribution in [3.63, 3.8) is 0 Å². The van der Waals surface area contributed by atoms with Gasteiger partial charge in [0, 0.05) is 22.6 Å². The summed E-state index contributed by atoms with van der Waals surface area (Å²) in [7, 11) is 0. The first-order chi connectivity index (χ1) is 8.97. The van der Waals surface area contributed by atoms with E-state index in [-0.39, 0.29) is 5.54 Å². The van der Waals surface area contributed by atoms with Gasteiger partial charge in [0.05, 0.1) is 5.69 Å². The zero-order chi connectivity index (χ0) is 13.6. The summed E-state index contributed by atoms with van der Waals surface area (Å²) < 4.78 is 0. The van der Waals surface area contributed by atoms with E-state index in [1.54, 1.807) is 0 Å². The molecule has 2 bridgehead atoms. The summed E-state index contributed by atoms with van der Waals surface area (Å²) >= 11 is 6.02. The SMILES string of the molecule is CC(C)(C)N1C2CCC(CC2)N1c1ccc(Cl)cc1. The molecule has 2 saturated heterocycles. The minimum atomic E-state index is 0.170. The van der Waals surface area contributed by atoms with E-state index in [9.17, 15) is 0 Å². The van der Waals surface area contributed by atoms with Crippen molar-refractivity contribution in [1.82, 2.24) is 5.01 Å². The zero-order valence-electron chi connectivity index (χ0n) is 12.1. The summed E-state index contributed by atoms with van der Waals surface area (Å²) in [4.78, 5) is 0. The Labute approximate surface area is 121 Å². The highest BCUT2D eigenvalue weighted by Crippen LogP contribution is 2.42. The first-order valence-corrected chi connectivity index (χ1v) is 7.68. The number of hydrogen-bond acceptors (Lipinski definition) is 2. The molecule has 19 heavy (non-hydrogen) atoms. The fourth-order valence-electron chi connectivity index (χ4n) is 3.70. The van der Waals surface area contributed by atoms with Crippen molar-refractivity contribution in [2.45, 2.75) is 64.1 Å². The summed E-state index contributed by atoms with van der Waals surface area (Å²) in [5, 5.41) is 5.95. The van der Waals surface area contributed by atoms with E-state index in [4.69, 9.17) is 11.6 Å². The van der Waals surface area contributed by atoms with Crippen LogP contribution in [0.3, 0.4) is 0 Å². The monoisotopic (exact) mass is 278 g/mol. The fourth-order valence-corrected chi connectivity index (χ4v) is 3.83. The molecule has 0 aromatic heterocycles. The third kappa shape index (κ3) is 2.36. The smallest absolute Gasteiger partial charge is 0.0526 e. The van der Waals surface area contributed by atoms with Crippen molar-refractivity contribution >= 4 is 17.3 Å². The maximum Gasteiger partial charge on any atom is 0.0526 e. The molecule has 0 atom stereocenters. The standard InChI is InChI=1S/C16H23ClN2/c1-16(2,3)19-15-10-8-14(9-11-15)18(19)13-6-4-12(17)5-7-13/h4-7,14-15H,8-11H2,1-3H3. The van der Waals surface area contributed by atoms with Crippen molar-refractivity contribution in [1.29, 1.82) is 0 Å². The number of hydrogen-bond donors (Lipinski definition) is 0. The van der Waals surface area contributed by atoms with Gasteiger partial charge in [0.15, 0.2) is 0 Å². The van der Waals surface area contributed by atoms with Crippen LogP contribution < -0.4 is 5.01 Å². The molecule has 0 unspecified atom stereocenters. The fraction of sp³-hybridized carbons (Fsp3) is 0.625. The van der Waals surface area contributed by atoms with E-state index in [2.05, 4.69) is 42.9 Å². The Balaban J connectivity index is 1.98. The molecule has 2 aliphatic heterocycles. The molecular formula is C16H23ClN2. The average Bonchev–Trinajstić information content (AvgIpc) is 2.39. The van der Waals surface area contributed by atoms with Crippen molar-refractivity contribution in [2.75, 3.05) is 5.01 Å². The topological polar surface area (TPSA) is 6.48 Å². The van der Waals surface area contributed by atoms with Crippen LogP contribution in [0, 0.1) is 0 Å². The van der Waals surface area contributed by atoms with Crippen LogP contribution in [0.2, 0.25) is 5.02 Å². The maximum absolute atomic E-state index is 6.02. The molecule has 2 nitrogen and oxygen atoms in total. The lowest BCUT2D eigenvalue weighted by Crippen LogP contribution is -2.67. The van der Waals surface area contributed by atoms with E-state index in [1.165, 1.54) is 31.4 Å². The predicted molar refractivity (Wildman–Crippen MR) is 81.6 cm³/mol. The lowest BCUT2D eigenvalue weighted by atomic mass is 9.84. The number of benzene rings is 1. The molecule has 0 radical (unpaired) electrons. The first kappa shape index (κ1) is 13.3. The van der Waals surface area contributed by atoms with Crippen LogP contribution in [0.15, 0.2) is 24.3 Å². The summed E-state index contributed by atoms with van der Waals surface area (Å²) in [5.41, 5.74) is 1.46. The number of rotatable bonds is 1. The molecule has 2 heterocycles. The van der Waals surface area contributed by atoms with Gasteiger partial charge in [0.1, 0.15) is 0 Å². The Morgan fingerprint density at radius 3 is 2.00 bits per heavy atom. The van der Waals surface area contributed by atoms with Crippen LogP contribution in [0.25, 0.3) is 0 Å². The molecule has 0 N–H and O–H groups in total. The molecule has 0 amide bonds. The first-order valence-electron chi connectivity index (χ1n) is 7.31. The molecule has 4 rings (SSSR count). The van der Waals surface area contributed by atoms with Gasteiger partial charge in [0.2, 0.25) is 0 Å². The number of fused-ring (bicyclic) bond motifs is 3. The van der Waals surface area contributed by atoms with E-state index in [1.807, 2.05) is 12.1 Å². The third-order valence-corrected chi connectivity index (χ3v) is 4.62. The summed E-state index contributed by atoms with van der Waals surface area (Å²) in [6.45, 7) is 6.95. The van der Waals surface area contributed by atoms with Gasteiger partial charge in [-0.05, 0) is 70.7 Å². The molecule has 1 aromatic carbocycles. The molecule has 3 fully saturated rings. The van der Waals surface area contributed by atoms with Gasteiger partial charge in [-0.3, -0.25) is 0 Å². The molecule has 1 aromatic rings. The molecule has 3 heteroatoms. The molecular weight excluding hydrogens is 256 g/mol. The average molecular weight is 279 g/mol. The summed E-state index contributed by atoms with van der Waals surface area (Å²) in [5.74, 6) is 0. The van der Waals surface area contributed by atoms with E-state index < -0.39 is 0 Å². The van der Waals surface area contributed by atoms with Crippen LogP contribution in [0.4, 0.5) is 5.69 Å². The minimum absolute atomic E-state index is 0.170. The highest BCUT2D eigenvalue weighted by Gasteiger charge is 2.44. The number of anilines is 1. The lowest BCUT2D eigenvalue weighted by Gasteiger charge is -2.59. The van der Waals surface area contributed by atoms with Gasteiger partial charge in [-0.1, -0.05) is 11.6 Å². The Bertz CT molecular complexity index is 441. The number of nitrogens with zero attached hydrogens (tertiary/aromatic N) is 2. The summed E-state index contributed by atoms with van der Waals surface area (Å²) in [6.07, 6.45) is 5.32. The molecule has 104 valence electrons. The van der Waals surface area contributed by atoms with Crippen molar-refractivity contribution < 1.29 is 0 Å². The van der Waals surface area contributed by atoms with E-state index in [0.717, 1.165) is 5.02 Å². The van der Waals surface area contributed by atoms with Crippen LogP contribution >= 0.6 is 11.6 Å². The Hall–Kier alpha value is -0.730. The third-order valence-electron chi connectivity index (χ3n) is 4.37. The molecule has 3 aliphatic rings. The Morgan fingerprint density at radius 1 is 0.947 bits per heavy atom. The minimum Gasteiger partial charge on any atom is -0.302 e. The van der Waals surface area contributed by atoms with Gasteiger partial charge < -0.3 is 5.01 Å². The van der Waals surface area contributed by atoms with Crippen molar-refractivity contribution in [3.8, 4) is 0 Å². The van der Waals surface area contributed by atoms with E-state index >= 15 is 0 Å². The second-order valence-corrected chi connectivity index (χ2v) is 7.24. The van der Waals surface area contributed by atoms with Gasteiger partial charge in [-0.2, -0.15) is 0 Å². The highest BCUT2D eigenvalue weighted by atomic mass is 35.5. The van der Waals surface area contributed by atoms with Crippen molar-refractivity contribution in [2.24, 2.45) is 0 Å². The Morgan fingerprint density at radius 2 is 1.47 bits per heavy atom. The zero-order valence-corrected chi connectivity index (χ0v) is 12.8. The predicted octanol–water partition coefficient (Wildman–Crippen LogP) is 4.49. The van der Waals surface area contributed by atoms with Gasteiger partial charge >= 0.3 is 0 Å². The Kier molecular flexibility index (Phi) is 3.26. The van der Waals surface area contributed by atoms with Gasteiger partial charge in [0.25, 0.3) is 0 Å². The number of hydrazine groups is 1. The van der Waals surface area contributed by atoms with Crippen LogP contribution in [-0.4, -0.2) is 22.6 Å². The highest BCUT2D eigenvalue weighted by molar-refractivity contribution is 6.30. The largest absolute Gasteiger partial charge is 0.302 e. The molecule has 1 saturated carbocycles. The second-order valence-electron chi connectivity index (χ2n) is 6.80. The maximum atomic E-state index is 6.02. The van der Waals surface area contributed by atoms with Crippen LogP contribution in [0.5, 0.6) is 0 Å². The second kappa shape index (κ2) is 4.68. The quantitative estimate of drug-likeness (QED) is 0.747. The van der Waals surface area contributed by atoms with Gasteiger partial charge in [-0.15, -0.1) is 0 Å². The molecule has 1 aliphatic carbocycles. The number of halogens is 1. The van der Waals surface area contributed by atoms with Gasteiger partial charge in [-0.25, -0.2) is 5.01 Å². The lowest BCUT2D eigenvalue weighted by molar-refractivity contribution is -0.0143. The van der Waals surface area contributed by atoms with Crippen LogP contribution in [-0.2, 0) is 0 Å². The summed E-state index contributed by atoms with van der Waals surface area (Å²) in [6, 6.07) is 9.66. The molecule has 0 spiro atoms. The van der Waals surface area contributed by atoms with Crippen molar-refractivity contribution in [3.05, 3.63) is 29.3 Å². The van der Waals surface area contributed by atoms with Crippen LogP contribution in [0.1, 0.15) is 46.5 Å². The normalized spacial score (nSPS) is 27.9. The van der Waals surface area contributed by atoms with E-state index in [0.29, 0.717) is 12.1 Å².